The molecule has 1 heteroatoms. The summed E-state index contributed by atoms with van der Waals surface area (Å²) in [6.45, 7) is 5.99. The molecule has 0 aliphatic heterocycles. The van der Waals surface area contributed by atoms with Crippen molar-refractivity contribution >= 4 is 0 Å². The van der Waals surface area contributed by atoms with Crippen molar-refractivity contribution in [2.75, 3.05) is 6.54 Å². The van der Waals surface area contributed by atoms with E-state index in [1.165, 1.54) is 45.1 Å². The van der Waals surface area contributed by atoms with E-state index in [0.717, 1.165) is 12.0 Å². The van der Waals surface area contributed by atoms with Crippen LogP contribution in [0, 0.1) is 5.41 Å². The van der Waals surface area contributed by atoms with Crippen LogP contribution in [0.15, 0.2) is 24.3 Å². The van der Waals surface area contributed by atoms with E-state index in [-0.39, 0.29) is 0 Å². The normalized spacial score (nSPS) is 29.2. The second kappa shape index (κ2) is 5.28. The van der Waals surface area contributed by atoms with Crippen LogP contribution >= 0.6 is 0 Å². The lowest BCUT2D eigenvalue weighted by Gasteiger charge is -2.27. The van der Waals surface area contributed by atoms with Gasteiger partial charge in [0.05, 0.1) is 0 Å². The van der Waals surface area contributed by atoms with E-state index < -0.39 is 0 Å². The highest BCUT2D eigenvalue weighted by molar-refractivity contribution is 5.32. The van der Waals surface area contributed by atoms with E-state index in [4.69, 9.17) is 0 Å². The van der Waals surface area contributed by atoms with Gasteiger partial charge in [-0.2, -0.15) is 0 Å². The second-order valence-electron chi connectivity index (χ2n) is 7.30. The summed E-state index contributed by atoms with van der Waals surface area (Å²) in [7, 11) is 0. The zero-order valence-corrected chi connectivity index (χ0v) is 12.4. The van der Waals surface area contributed by atoms with E-state index in [1.807, 2.05) is 0 Å². The Kier molecular flexibility index (Phi) is 3.66. The first-order valence-electron chi connectivity index (χ1n) is 7.95. The van der Waals surface area contributed by atoms with Crippen molar-refractivity contribution in [3.05, 3.63) is 35.4 Å². The number of benzene rings is 1. The Morgan fingerprint density at radius 2 is 2.05 bits per heavy atom. The van der Waals surface area contributed by atoms with Gasteiger partial charge >= 0.3 is 0 Å². The topological polar surface area (TPSA) is 12.0 Å². The molecule has 2 aliphatic rings. The Hall–Kier alpha value is -0.820. The lowest BCUT2D eigenvalue weighted by atomic mass is 9.82. The minimum Gasteiger partial charge on any atom is -0.313 e. The third kappa shape index (κ3) is 3.02. The van der Waals surface area contributed by atoms with Crippen LogP contribution in [0.4, 0.5) is 0 Å². The number of aryl methyl sites for hydroxylation is 1. The van der Waals surface area contributed by atoms with Gasteiger partial charge in [-0.3, -0.25) is 0 Å². The number of fused-ring (bicyclic) bond motifs is 1. The summed E-state index contributed by atoms with van der Waals surface area (Å²) >= 11 is 0. The average molecular weight is 257 g/mol. The molecule has 0 bridgehead atoms. The van der Waals surface area contributed by atoms with Crippen molar-refractivity contribution in [1.29, 1.82) is 0 Å². The van der Waals surface area contributed by atoms with Crippen LogP contribution in [0.1, 0.15) is 63.0 Å². The summed E-state index contributed by atoms with van der Waals surface area (Å²) in [4.78, 5) is 0. The van der Waals surface area contributed by atoms with Gasteiger partial charge in [-0.25, -0.2) is 0 Å². The maximum Gasteiger partial charge on any atom is 0.00725 e. The van der Waals surface area contributed by atoms with Crippen LogP contribution in [0.3, 0.4) is 0 Å². The molecule has 2 aliphatic carbocycles. The molecule has 1 fully saturated rings. The fourth-order valence-corrected chi connectivity index (χ4v) is 3.99. The highest BCUT2D eigenvalue weighted by Gasteiger charge is 2.31. The summed E-state index contributed by atoms with van der Waals surface area (Å²) in [5, 5.41) is 3.85. The van der Waals surface area contributed by atoms with E-state index in [1.54, 1.807) is 11.1 Å². The minimum absolute atomic E-state index is 0.558. The standard InChI is InChI=1S/C18H27N/c1-18(2)11-10-16(12-18)19-13-15-8-5-7-14-6-3-4-9-17(14)15/h3-4,6,9,15-16,19H,5,7-8,10-13H2,1-2H3. The Balaban J connectivity index is 1.60. The smallest absolute Gasteiger partial charge is 0.00725 e. The van der Waals surface area contributed by atoms with Gasteiger partial charge in [0.1, 0.15) is 0 Å². The summed E-state index contributed by atoms with van der Waals surface area (Å²) in [6, 6.07) is 9.81. The predicted molar refractivity (Wildman–Crippen MR) is 81.5 cm³/mol. The molecule has 104 valence electrons. The number of hydrogen-bond donors (Lipinski definition) is 1. The Morgan fingerprint density at radius 1 is 1.21 bits per heavy atom. The van der Waals surface area contributed by atoms with Gasteiger partial charge in [0, 0.05) is 12.6 Å². The minimum atomic E-state index is 0.558. The van der Waals surface area contributed by atoms with Crippen molar-refractivity contribution in [1.82, 2.24) is 5.32 Å². The molecule has 0 amide bonds. The predicted octanol–water partition coefficient (Wildman–Crippen LogP) is 4.27. The molecule has 19 heavy (non-hydrogen) atoms. The molecular formula is C18H27N. The first-order valence-corrected chi connectivity index (χ1v) is 7.95. The molecule has 0 spiro atoms. The van der Waals surface area contributed by atoms with Gasteiger partial charge in [-0.05, 0) is 61.0 Å². The van der Waals surface area contributed by atoms with Crippen LogP contribution in [-0.2, 0) is 6.42 Å². The van der Waals surface area contributed by atoms with E-state index in [2.05, 4.69) is 43.4 Å². The molecule has 2 atom stereocenters. The SMILES string of the molecule is CC1(C)CCC(NCC2CCCc3ccccc32)C1. The van der Waals surface area contributed by atoms with Crippen molar-refractivity contribution < 1.29 is 0 Å². The van der Waals surface area contributed by atoms with Gasteiger partial charge in [0.2, 0.25) is 0 Å². The van der Waals surface area contributed by atoms with Crippen molar-refractivity contribution in [2.24, 2.45) is 5.41 Å². The molecule has 1 aromatic rings. The zero-order chi connectivity index (χ0) is 13.3. The summed E-state index contributed by atoms with van der Waals surface area (Å²) in [5.41, 5.74) is 3.76. The van der Waals surface area contributed by atoms with Crippen molar-refractivity contribution in [2.45, 2.75) is 64.3 Å². The quantitative estimate of drug-likeness (QED) is 0.852. The van der Waals surface area contributed by atoms with Gasteiger partial charge in [0.15, 0.2) is 0 Å². The summed E-state index contributed by atoms with van der Waals surface area (Å²) in [6.07, 6.45) is 8.09. The maximum absolute atomic E-state index is 3.85. The molecule has 1 aromatic carbocycles. The largest absolute Gasteiger partial charge is 0.313 e. The second-order valence-corrected chi connectivity index (χ2v) is 7.30. The van der Waals surface area contributed by atoms with Crippen LogP contribution in [0.2, 0.25) is 0 Å². The Bertz CT molecular complexity index is 435. The molecule has 1 saturated carbocycles. The van der Waals surface area contributed by atoms with Crippen molar-refractivity contribution in [3.8, 4) is 0 Å². The molecule has 1 N–H and O–H groups in total. The van der Waals surface area contributed by atoms with Crippen LogP contribution < -0.4 is 5.32 Å². The first kappa shape index (κ1) is 13.2. The lowest BCUT2D eigenvalue weighted by molar-refractivity contribution is 0.360. The number of hydrogen-bond acceptors (Lipinski definition) is 1. The van der Waals surface area contributed by atoms with Gasteiger partial charge in [-0.1, -0.05) is 38.1 Å². The fourth-order valence-electron chi connectivity index (χ4n) is 3.99. The molecule has 3 rings (SSSR count). The fraction of sp³-hybridized carbons (Fsp3) is 0.667. The summed E-state index contributed by atoms with van der Waals surface area (Å²) in [5.74, 6) is 0.744. The first-order chi connectivity index (χ1) is 9.14. The molecule has 0 aromatic heterocycles. The van der Waals surface area contributed by atoms with Gasteiger partial charge in [-0.15, -0.1) is 0 Å². The molecular weight excluding hydrogens is 230 g/mol. The van der Waals surface area contributed by atoms with Crippen LogP contribution in [0.25, 0.3) is 0 Å². The van der Waals surface area contributed by atoms with Gasteiger partial charge in [0.25, 0.3) is 0 Å². The third-order valence-corrected chi connectivity index (χ3v) is 5.12. The monoisotopic (exact) mass is 257 g/mol. The molecule has 0 heterocycles. The highest BCUT2D eigenvalue weighted by Crippen LogP contribution is 2.37. The molecule has 0 radical (unpaired) electrons. The average Bonchev–Trinajstić information content (AvgIpc) is 2.76. The van der Waals surface area contributed by atoms with Crippen LogP contribution in [-0.4, -0.2) is 12.6 Å². The summed E-state index contributed by atoms with van der Waals surface area (Å²) < 4.78 is 0. The Morgan fingerprint density at radius 3 is 2.84 bits per heavy atom. The third-order valence-electron chi connectivity index (χ3n) is 5.12. The number of rotatable bonds is 3. The molecule has 0 saturated heterocycles. The zero-order valence-electron chi connectivity index (χ0n) is 12.4. The Labute approximate surface area is 117 Å². The maximum atomic E-state index is 3.85. The van der Waals surface area contributed by atoms with E-state index in [0.29, 0.717) is 5.41 Å². The molecule has 2 unspecified atom stereocenters. The van der Waals surface area contributed by atoms with Crippen molar-refractivity contribution in [3.63, 3.8) is 0 Å². The van der Waals surface area contributed by atoms with Gasteiger partial charge < -0.3 is 5.32 Å². The van der Waals surface area contributed by atoms with E-state index in [9.17, 15) is 0 Å². The van der Waals surface area contributed by atoms with E-state index >= 15 is 0 Å². The number of nitrogens with one attached hydrogen (secondary N) is 1. The lowest BCUT2D eigenvalue weighted by Crippen LogP contribution is -2.32. The highest BCUT2D eigenvalue weighted by atomic mass is 14.9. The molecule has 1 nitrogen and oxygen atoms in total. The van der Waals surface area contributed by atoms with Crippen LogP contribution in [0.5, 0.6) is 0 Å².